The number of nitrogens with one attached hydrogen (secondary N) is 1. The second-order valence-electron chi connectivity index (χ2n) is 7.49. The number of carbonyl (C=O) groups excluding carboxylic acids is 1. The van der Waals surface area contributed by atoms with E-state index in [-0.39, 0.29) is 12.1 Å². The monoisotopic (exact) mass is 393 g/mol. The summed E-state index contributed by atoms with van der Waals surface area (Å²) in [6, 6.07) is 5.32. The van der Waals surface area contributed by atoms with Gasteiger partial charge in [-0.05, 0) is 43.0 Å². The predicted molar refractivity (Wildman–Crippen MR) is 102 cm³/mol. The molecule has 8 heteroatoms. The Morgan fingerprint density at radius 2 is 1.81 bits per heavy atom. The summed E-state index contributed by atoms with van der Waals surface area (Å²) >= 11 is 0. The van der Waals surface area contributed by atoms with Crippen LogP contribution in [-0.4, -0.2) is 57.6 Å². The van der Waals surface area contributed by atoms with Crippen molar-refractivity contribution in [2.45, 2.75) is 49.5 Å². The number of morpholine rings is 1. The lowest BCUT2D eigenvalue weighted by molar-refractivity contribution is 0.0730. The van der Waals surface area contributed by atoms with Crippen LogP contribution in [0.25, 0.3) is 0 Å². The molecule has 4 rings (SSSR count). The summed E-state index contributed by atoms with van der Waals surface area (Å²) in [5, 5.41) is 3.14. The summed E-state index contributed by atoms with van der Waals surface area (Å²) in [5.41, 5.74) is 1.74. The predicted octanol–water partition coefficient (Wildman–Crippen LogP) is 2.11. The molecule has 2 aliphatic heterocycles. The van der Waals surface area contributed by atoms with Gasteiger partial charge in [-0.15, -0.1) is 0 Å². The molecule has 1 N–H and O–H groups in total. The van der Waals surface area contributed by atoms with Crippen LogP contribution in [0.1, 0.15) is 37.7 Å². The van der Waals surface area contributed by atoms with E-state index < -0.39 is 10.0 Å². The average Bonchev–Trinajstić information content (AvgIpc) is 3.13. The zero-order chi connectivity index (χ0) is 18.9. The van der Waals surface area contributed by atoms with Gasteiger partial charge in [0, 0.05) is 31.4 Å². The highest BCUT2D eigenvalue weighted by Gasteiger charge is 2.31. The summed E-state index contributed by atoms with van der Waals surface area (Å²) in [4.78, 5) is 14.7. The molecule has 2 amide bonds. The maximum absolute atomic E-state index is 12.8. The number of fused-ring (bicyclic) bond motifs is 1. The maximum Gasteiger partial charge on any atom is 0.322 e. The molecule has 1 saturated carbocycles. The second-order valence-corrected chi connectivity index (χ2v) is 9.43. The first-order valence-corrected chi connectivity index (χ1v) is 11.3. The lowest BCUT2D eigenvalue weighted by Gasteiger charge is -2.27. The van der Waals surface area contributed by atoms with Gasteiger partial charge >= 0.3 is 6.03 Å². The zero-order valence-electron chi connectivity index (χ0n) is 15.5. The molecular weight excluding hydrogens is 366 g/mol. The van der Waals surface area contributed by atoms with Crippen LogP contribution in [0, 0.1) is 0 Å². The molecule has 0 atom stereocenters. The first kappa shape index (κ1) is 18.7. The minimum Gasteiger partial charge on any atom is -0.379 e. The van der Waals surface area contributed by atoms with Gasteiger partial charge in [-0.25, -0.2) is 13.2 Å². The normalized spacial score (nSPS) is 21.9. The number of urea groups is 1. The number of rotatable bonds is 3. The van der Waals surface area contributed by atoms with E-state index in [0.717, 1.165) is 24.1 Å². The fraction of sp³-hybridized carbons (Fsp3) is 0.632. The van der Waals surface area contributed by atoms with Crippen LogP contribution >= 0.6 is 0 Å². The summed E-state index contributed by atoms with van der Waals surface area (Å²) in [7, 11) is -3.51. The highest BCUT2D eigenvalue weighted by molar-refractivity contribution is 7.89. The molecule has 7 nitrogen and oxygen atoms in total. The minimum atomic E-state index is -3.51. The van der Waals surface area contributed by atoms with Crippen LogP contribution in [0.2, 0.25) is 0 Å². The topological polar surface area (TPSA) is 79.0 Å². The number of carbonyl (C=O) groups is 1. The first-order chi connectivity index (χ1) is 13.1. The van der Waals surface area contributed by atoms with E-state index in [1.807, 2.05) is 0 Å². The van der Waals surface area contributed by atoms with Gasteiger partial charge in [-0.2, -0.15) is 4.31 Å². The Bertz CT molecular complexity index is 799. The van der Waals surface area contributed by atoms with Gasteiger partial charge < -0.3 is 10.1 Å². The lowest BCUT2D eigenvalue weighted by Crippen LogP contribution is -2.45. The van der Waals surface area contributed by atoms with E-state index in [1.165, 1.54) is 23.6 Å². The molecule has 0 bridgehead atoms. The highest BCUT2D eigenvalue weighted by Crippen LogP contribution is 2.31. The van der Waals surface area contributed by atoms with Crippen LogP contribution in [0.5, 0.6) is 0 Å². The van der Waals surface area contributed by atoms with Gasteiger partial charge in [0.1, 0.15) is 0 Å². The Balaban J connectivity index is 1.49. The van der Waals surface area contributed by atoms with E-state index in [4.69, 9.17) is 4.74 Å². The Hall–Kier alpha value is -1.64. The van der Waals surface area contributed by atoms with Crippen molar-refractivity contribution in [2.75, 3.05) is 37.7 Å². The number of hydrogen-bond acceptors (Lipinski definition) is 4. The molecule has 0 radical (unpaired) electrons. The maximum atomic E-state index is 12.8. The fourth-order valence-electron chi connectivity index (χ4n) is 4.19. The quantitative estimate of drug-likeness (QED) is 0.853. The molecule has 27 heavy (non-hydrogen) atoms. The van der Waals surface area contributed by atoms with Crippen molar-refractivity contribution in [3.8, 4) is 0 Å². The average molecular weight is 394 g/mol. The molecule has 2 heterocycles. The van der Waals surface area contributed by atoms with Crippen molar-refractivity contribution >= 4 is 21.7 Å². The number of ether oxygens (including phenoxy) is 1. The SMILES string of the molecule is O=C(NC1CCCCC1)N1CCc2cc(S(=O)(=O)N3CCOCC3)ccc21. The Morgan fingerprint density at radius 1 is 1.07 bits per heavy atom. The molecular formula is C19H27N3O4S. The smallest absolute Gasteiger partial charge is 0.322 e. The summed E-state index contributed by atoms with van der Waals surface area (Å²) in [5.74, 6) is 0. The third-order valence-corrected chi connectivity index (χ3v) is 7.63. The van der Waals surface area contributed by atoms with Crippen molar-refractivity contribution in [1.82, 2.24) is 9.62 Å². The van der Waals surface area contributed by atoms with Gasteiger partial charge in [0.15, 0.2) is 0 Å². The summed E-state index contributed by atoms with van der Waals surface area (Å²) in [6.45, 7) is 2.22. The van der Waals surface area contributed by atoms with Crippen molar-refractivity contribution < 1.29 is 17.9 Å². The fourth-order valence-corrected chi connectivity index (χ4v) is 5.64. The molecule has 2 fully saturated rings. The van der Waals surface area contributed by atoms with Gasteiger partial charge in [0.25, 0.3) is 0 Å². The Kier molecular flexibility index (Phi) is 5.39. The lowest BCUT2D eigenvalue weighted by atomic mass is 9.96. The van der Waals surface area contributed by atoms with Crippen LogP contribution in [0.15, 0.2) is 23.1 Å². The zero-order valence-corrected chi connectivity index (χ0v) is 16.3. The number of nitrogens with zero attached hydrogens (tertiary/aromatic N) is 2. The van der Waals surface area contributed by atoms with Crippen molar-refractivity contribution in [1.29, 1.82) is 0 Å². The van der Waals surface area contributed by atoms with Gasteiger partial charge in [0.05, 0.1) is 18.1 Å². The van der Waals surface area contributed by atoms with E-state index in [2.05, 4.69) is 5.32 Å². The first-order valence-electron chi connectivity index (χ1n) is 9.84. The third-order valence-electron chi connectivity index (χ3n) is 5.73. The van der Waals surface area contributed by atoms with Crippen LogP contribution in [0.4, 0.5) is 10.5 Å². The van der Waals surface area contributed by atoms with Gasteiger partial charge in [-0.1, -0.05) is 19.3 Å². The number of anilines is 1. The number of hydrogen-bond donors (Lipinski definition) is 1. The summed E-state index contributed by atoms with van der Waals surface area (Å²) in [6.07, 6.45) is 6.36. The number of amides is 2. The van der Waals surface area contributed by atoms with Gasteiger partial charge in [-0.3, -0.25) is 4.90 Å². The van der Waals surface area contributed by atoms with Crippen LogP contribution in [0.3, 0.4) is 0 Å². The largest absolute Gasteiger partial charge is 0.379 e. The molecule has 3 aliphatic rings. The third kappa shape index (κ3) is 3.83. The molecule has 1 aromatic rings. The Labute approximate surface area is 160 Å². The molecule has 1 saturated heterocycles. The second kappa shape index (κ2) is 7.77. The van der Waals surface area contributed by atoms with Crippen LogP contribution < -0.4 is 10.2 Å². The molecule has 1 aliphatic carbocycles. The molecule has 0 aromatic heterocycles. The molecule has 1 aromatic carbocycles. The van der Waals surface area contributed by atoms with E-state index in [9.17, 15) is 13.2 Å². The Morgan fingerprint density at radius 3 is 2.56 bits per heavy atom. The van der Waals surface area contributed by atoms with Crippen molar-refractivity contribution in [3.05, 3.63) is 23.8 Å². The standard InChI is InChI=1S/C19H27N3O4S/c23-19(20-16-4-2-1-3-5-16)22-9-8-15-14-17(6-7-18(15)22)27(24,25)21-10-12-26-13-11-21/h6-7,14,16H,1-5,8-13H2,(H,20,23). The van der Waals surface area contributed by atoms with E-state index >= 15 is 0 Å². The van der Waals surface area contributed by atoms with Crippen molar-refractivity contribution in [3.63, 3.8) is 0 Å². The number of sulfonamides is 1. The molecule has 0 spiro atoms. The van der Waals surface area contributed by atoms with E-state index in [1.54, 1.807) is 23.1 Å². The number of benzene rings is 1. The molecule has 148 valence electrons. The minimum absolute atomic E-state index is 0.0653. The van der Waals surface area contributed by atoms with Gasteiger partial charge in [0.2, 0.25) is 10.0 Å². The van der Waals surface area contributed by atoms with E-state index in [0.29, 0.717) is 44.2 Å². The van der Waals surface area contributed by atoms with Crippen molar-refractivity contribution in [2.24, 2.45) is 0 Å². The van der Waals surface area contributed by atoms with Crippen LogP contribution in [-0.2, 0) is 21.2 Å². The summed E-state index contributed by atoms with van der Waals surface area (Å²) < 4.78 is 32.4. The highest BCUT2D eigenvalue weighted by atomic mass is 32.2. The molecule has 0 unspecified atom stereocenters.